The summed E-state index contributed by atoms with van der Waals surface area (Å²) in [6, 6.07) is 17.3. The maximum absolute atomic E-state index is 13.0. The first kappa shape index (κ1) is 22.9. The molecular weight excluding hydrogens is 404 g/mol. The number of methoxy groups -OCH3 is 1. The van der Waals surface area contributed by atoms with Crippen molar-refractivity contribution in [2.45, 2.75) is 44.8 Å². The number of ether oxygens (including phenoxy) is 1. The summed E-state index contributed by atoms with van der Waals surface area (Å²) in [4.78, 5) is 16.5. The first-order chi connectivity index (χ1) is 14.6. The van der Waals surface area contributed by atoms with Gasteiger partial charge in [0.1, 0.15) is 11.9 Å². The lowest BCUT2D eigenvalue weighted by Crippen LogP contribution is -2.29. The number of hydrogen-bond donors (Lipinski definition) is 1. The maximum atomic E-state index is 13.0. The minimum atomic E-state index is -1.96. The summed E-state index contributed by atoms with van der Waals surface area (Å²) < 4.78 is 5.32. The Morgan fingerprint density at radius 1 is 1.16 bits per heavy atom. The highest BCUT2D eigenvalue weighted by atomic mass is 28.3. The van der Waals surface area contributed by atoms with Gasteiger partial charge in [-0.05, 0) is 35.4 Å². The molecule has 0 aromatic heterocycles. The van der Waals surface area contributed by atoms with Gasteiger partial charge in [-0.2, -0.15) is 0 Å². The predicted molar refractivity (Wildman–Crippen MR) is 127 cm³/mol. The molecule has 2 aromatic carbocycles. The van der Waals surface area contributed by atoms with E-state index in [0.29, 0.717) is 5.75 Å². The van der Waals surface area contributed by atoms with Crippen LogP contribution in [0, 0.1) is 0 Å². The second-order valence-electron chi connectivity index (χ2n) is 9.01. The predicted octanol–water partition coefficient (Wildman–Crippen LogP) is 5.14. The van der Waals surface area contributed by atoms with Crippen molar-refractivity contribution < 1.29 is 14.6 Å². The van der Waals surface area contributed by atoms with E-state index in [1.807, 2.05) is 61.6 Å². The van der Waals surface area contributed by atoms with Crippen molar-refractivity contribution in [3.05, 3.63) is 82.9 Å². The van der Waals surface area contributed by atoms with Gasteiger partial charge in [0.15, 0.2) is 0 Å². The zero-order chi connectivity index (χ0) is 22.8. The van der Waals surface area contributed by atoms with Crippen LogP contribution in [0.25, 0.3) is 0 Å². The number of carbonyl (C=O) groups excluding carboxylic acids is 1. The molecule has 0 aliphatic carbocycles. The largest absolute Gasteiger partial charge is 0.497 e. The van der Waals surface area contributed by atoms with E-state index in [4.69, 9.17) is 4.74 Å². The van der Waals surface area contributed by atoms with Gasteiger partial charge in [0, 0.05) is 7.05 Å². The summed E-state index contributed by atoms with van der Waals surface area (Å²) in [5, 5.41) is 12.0. The highest BCUT2D eigenvalue weighted by molar-refractivity contribution is 6.83. The number of benzene rings is 2. The van der Waals surface area contributed by atoms with E-state index < -0.39 is 14.2 Å². The van der Waals surface area contributed by atoms with Crippen molar-refractivity contribution in [1.82, 2.24) is 9.80 Å². The number of carbonyl (C=O) groups is 1. The zero-order valence-corrected chi connectivity index (χ0v) is 20.2. The van der Waals surface area contributed by atoms with Crippen LogP contribution >= 0.6 is 0 Å². The fourth-order valence-electron chi connectivity index (χ4n) is 3.97. The molecule has 1 N–H and O–H groups in total. The summed E-state index contributed by atoms with van der Waals surface area (Å²) in [5.41, 5.74) is 5.19. The van der Waals surface area contributed by atoms with Crippen LogP contribution < -0.4 is 4.74 Å². The molecule has 0 saturated carbocycles. The Kier molecular flexibility index (Phi) is 6.75. The second kappa shape index (κ2) is 9.14. The van der Waals surface area contributed by atoms with E-state index in [2.05, 4.69) is 32.3 Å². The number of amides is 2. The standard InChI is InChI=1S/C25H32N2O3Si/c1-18-23(19-11-8-7-9-12-19)27(25(29)26(18)2)16-15-22(31(4,5)6)24(28)20-13-10-14-21(17-20)30-3/h7-14,16-18,23-24,28H,1-6H3/t15?,18-,23-,24-/m0/s1. The van der Waals surface area contributed by atoms with Crippen molar-refractivity contribution in [3.63, 3.8) is 0 Å². The molecule has 1 aliphatic rings. The summed E-state index contributed by atoms with van der Waals surface area (Å²) in [5.74, 6) is 0.699. The number of aliphatic hydroxyl groups is 1. The first-order valence-electron chi connectivity index (χ1n) is 10.5. The Morgan fingerprint density at radius 3 is 2.45 bits per heavy atom. The molecule has 1 heterocycles. The molecule has 5 nitrogen and oxygen atoms in total. The number of aliphatic hydroxyl groups excluding tert-OH is 1. The molecule has 31 heavy (non-hydrogen) atoms. The number of likely N-dealkylation sites (N-methyl/N-ethyl adjacent to an activating group) is 1. The van der Waals surface area contributed by atoms with Crippen LogP contribution in [-0.2, 0) is 0 Å². The van der Waals surface area contributed by atoms with Gasteiger partial charge in [-0.25, -0.2) is 4.79 Å². The van der Waals surface area contributed by atoms with Crippen LogP contribution in [0.3, 0.4) is 0 Å². The minimum absolute atomic E-state index is 0.0200. The van der Waals surface area contributed by atoms with Crippen molar-refractivity contribution in [2.24, 2.45) is 0 Å². The van der Waals surface area contributed by atoms with Crippen molar-refractivity contribution >= 4 is 14.1 Å². The molecule has 1 saturated heterocycles. The molecule has 0 unspecified atom stereocenters. The van der Waals surface area contributed by atoms with Gasteiger partial charge in [0.25, 0.3) is 0 Å². The molecule has 0 spiro atoms. The van der Waals surface area contributed by atoms with E-state index in [1.165, 1.54) is 0 Å². The summed E-state index contributed by atoms with van der Waals surface area (Å²) in [7, 11) is 1.48. The number of hydrogen-bond acceptors (Lipinski definition) is 3. The molecule has 6 heteroatoms. The zero-order valence-electron chi connectivity index (χ0n) is 19.2. The molecule has 1 aliphatic heterocycles. The van der Waals surface area contributed by atoms with E-state index >= 15 is 0 Å². The van der Waals surface area contributed by atoms with Crippen LogP contribution in [-0.4, -0.2) is 49.2 Å². The Bertz CT molecular complexity index is 993. The Labute approximate surface area is 186 Å². The van der Waals surface area contributed by atoms with Crippen LogP contribution in [0.5, 0.6) is 5.75 Å². The average molecular weight is 437 g/mol. The maximum Gasteiger partial charge on any atom is 0.325 e. The van der Waals surface area contributed by atoms with E-state index in [1.54, 1.807) is 23.1 Å². The molecular formula is C25H32N2O3Si. The summed E-state index contributed by atoms with van der Waals surface area (Å²) in [6.07, 6.45) is 0.929. The third kappa shape index (κ3) is 4.77. The Morgan fingerprint density at radius 2 is 1.84 bits per heavy atom. The molecule has 3 atom stereocenters. The highest BCUT2D eigenvalue weighted by Gasteiger charge is 2.41. The molecule has 164 valence electrons. The van der Waals surface area contributed by atoms with Crippen molar-refractivity contribution in [2.75, 3.05) is 14.2 Å². The van der Waals surface area contributed by atoms with Crippen molar-refractivity contribution in [1.29, 1.82) is 0 Å². The molecule has 2 amide bonds. The van der Waals surface area contributed by atoms with Gasteiger partial charge in [0.05, 0.1) is 33.5 Å². The van der Waals surface area contributed by atoms with Crippen LogP contribution in [0.4, 0.5) is 4.79 Å². The fourth-order valence-corrected chi connectivity index (χ4v) is 5.45. The third-order valence-electron chi connectivity index (χ3n) is 5.88. The van der Waals surface area contributed by atoms with Gasteiger partial charge >= 0.3 is 6.03 Å². The topological polar surface area (TPSA) is 53.0 Å². The quantitative estimate of drug-likeness (QED) is 0.504. The number of urea groups is 1. The molecule has 3 rings (SSSR count). The van der Waals surface area contributed by atoms with E-state index in [9.17, 15) is 9.90 Å². The van der Waals surface area contributed by atoms with Crippen LogP contribution in [0.15, 0.2) is 71.7 Å². The van der Waals surface area contributed by atoms with Gasteiger partial charge in [-0.3, -0.25) is 4.90 Å². The summed E-state index contributed by atoms with van der Waals surface area (Å²) >= 11 is 0. The minimum Gasteiger partial charge on any atom is -0.497 e. The lowest BCUT2D eigenvalue weighted by Gasteiger charge is -2.25. The fraction of sp³-hybridized carbons (Fsp3) is 0.360. The van der Waals surface area contributed by atoms with Crippen LogP contribution in [0.2, 0.25) is 19.6 Å². The van der Waals surface area contributed by atoms with Crippen molar-refractivity contribution in [3.8, 4) is 5.75 Å². The Hall–Kier alpha value is -2.79. The summed E-state index contributed by atoms with van der Waals surface area (Å²) in [6.45, 7) is 8.56. The lowest BCUT2D eigenvalue weighted by atomic mass is 10.0. The lowest BCUT2D eigenvalue weighted by molar-refractivity contribution is 0.204. The second-order valence-corrected chi connectivity index (χ2v) is 14.1. The van der Waals surface area contributed by atoms with E-state index in [-0.39, 0.29) is 18.1 Å². The monoisotopic (exact) mass is 436 g/mol. The molecule has 1 fully saturated rings. The average Bonchev–Trinajstić information content (AvgIpc) is 2.97. The molecule has 2 aromatic rings. The first-order valence-corrected chi connectivity index (χ1v) is 14.0. The number of rotatable bonds is 6. The smallest absolute Gasteiger partial charge is 0.325 e. The van der Waals surface area contributed by atoms with Gasteiger partial charge in [0.2, 0.25) is 0 Å². The third-order valence-corrected chi connectivity index (χ3v) is 7.92. The number of nitrogens with zero attached hydrogens (tertiary/aromatic N) is 2. The SMILES string of the molecule is COc1cccc([C@H](O)C(=C=CN2C(=O)N(C)[C@@H](C)[C@H]2c2ccccc2)[Si](C)(C)C)c1. The highest BCUT2D eigenvalue weighted by Crippen LogP contribution is 2.35. The van der Waals surface area contributed by atoms with E-state index in [0.717, 1.165) is 16.3 Å². The molecule has 0 radical (unpaired) electrons. The van der Waals surface area contributed by atoms with Gasteiger partial charge in [-0.1, -0.05) is 62.1 Å². The normalized spacial score (nSPS) is 19.8. The molecule has 0 bridgehead atoms. The van der Waals surface area contributed by atoms with Crippen LogP contribution in [0.1, 0.15) is 30.2 Å². The van der Waals surface area contributed by atoms with Gasteiger partial charge in [-0.15, -0.1) is 5.73 Å². The van der Waals surface area contributed by atoms with Gasteiger partial charge < -0.3 is 14.7 Å². The Balaban J connectivity index is 2.06.